The Morgan fingerprint density at radius 1 is 1.10 bits per heavy atom. The van der Waals surface area contributed by atoms with Crippen molar-refractivity contribution >= 4 is 39.8 Å². The summed E-state index contributed by atoms with van der Waals surface area (Å²) >= 11 is 1.33. The van der Waals surface area contributed by atoms with Crippen LogP contribution >= 0.6 is 11.8 Å². The first-order chi connectivity index (χ1) is 15.1. The average molecular weight is 435 g/mol. The van der Waals surface area contributed by atoms with Gasteiger partial charge in [-0.05, 0) is 54.4 Å². The van der Waals surface area contributed by atoms with Crippen molar-refractivity contribution < 1.29 is 14.3 Å². The molecule has 1 amide bonds. The Labute approximate surface area is 185 Å². The van der Waals surface area contributed by atoms with Crippen LogP contribution in [0.2, 0.25) is 0 Å². The highest BCUT2D eigenvalue weighted by Gasteiger charge is 2.35. The van der Waals surface area contributed by atoms with Gasteiger partial charge < -0.3 is 9.47 Å². The van der Waals surface area contributed by atoms with Crippen molar-refractivity contribution in [1.29, 1.82) is 5.41 Å². The number of carbonyl (C=O) groups is 1. The molecule has 0 radical (unpaired) electrons. The molecule has 7 nitrogen and oxygen atoms in total. The highest BCUT2D eigenvalue weighted by molar-refractivity contribution is 8.26. The van der Waals surface area contributed by atoms with Crippen LogP contribution in [-0.2, 0) is 11.4 Å². The van der Waals surface area contributed by atoms with Crippen molar-refractivity contribution in [3.63, 3.8) is 0 Å². The maximum Gasteiger partial charge on any atom is 0.283 e. The van der Waals surface area contributed by atoms with Gasteiger partial charge in [0.15, 0.2) is 17.3 Å². The monoisotopic (exact) mass is 434 g/mol. The van der Waals surface area contributed by atoms with Crippen molar-refractivity contribution in [2.75, 3.05) is 6.61 Å². The summed E-state index contributed by atoms with van der Waals surface area (Å²) < 4.78 is 11.7. The topological polar surface area (TPSA) is 87.3 Å². The van der Waals surface area contributed by atoms with Gasteiger partial charge in [0.2, 0.25) is 5.17 Å². The molecule has 31 heavy (non-hydrogen) atoms. The van der Waals surface area contributed by atoms with Crippen molar-refractivity contribution in [3.05, 3.63) is 65.2 Å². The van der Waals surface area contributed by atoms with Gasteiger partial charge in [0.25, 0.3) is 5.91 Å². The van der Waals surface area contributed by atoms with Gasteiger partial charge in [0, 0.05) is 0 Å². The Hall–Kier alpha value is -3.39. The summed E-state index contributed by atoms with van der Waals surface area (Å²) in [6.45, 7) is 4.77. The van der Waals surface area contributed by atoms with Gasteiger partial charge in [-0.2, -0.15) is 15.1 Å². The maximum absolute atomic E-state index is 12.5. The molecule has 0 spiro atoms. The first-order valence-electron chi connectivity index (χ1n) is 10.0. The molecular weight excluding hydrogens is 412 g/mol. The largest absolute Gasteiger partial charge is 0.490 e. The smallest absolute Gasteiger partial charge is 0.283 e. The lowest BCUT2D eigenvalue weighted by molar-refractivity contribution is -0.114. The van der Waals surface area contributed by atoms with E-state index in [1.165, 1.54) is 16.8 Å². The fraction of sp³-hybridized carbons (Fsp3) is 0.217. The molecule has 2 aromatic carbocycles. The minimum atomic E-state index is -0.446. The molecule has 2 aliphatic rings. The molecule has 158 valence electrons. The SMILES string of the molecule is CCOc1cc(/C=C2\C(=N)N3N=C(CC)SC3=NC2=O)ccc1OCc1ccccc1. The Bertz CT molecular complexity index is 1110. The van der Waals surface area contributed by atoms with Gasteiger partial charge in [-0.15, -0.1) is 0 Å². The highest BCUT2D eigenvalue weighted by Crippen LogP contribution is 2.32. The van der Waals surface area contributed by atoms with E-state index in [2.05, 4.69) is 10.1 Å². The fourth-order valence-corrected chi connectivity index (χ4v) is 3.90. The number of ether oxygens (including phenoxy) is 2. The lowest BCUT2D eigenvalue weighted by Crippen LogP contribution is -2.35. The molecule has 8 heteroatoms. The number of hydrogen-bond donors (Lipinski definition) is 1. The van der Waals surface area contributed by atoms with E-state index in [4.69, 9.17) is 14.9 Å². The number of carbonyl (C=O) groups excluding carboxylic acids is 1. The lowest BCUT2D eigenvalue weighted by Gasteiger charge is -2.20. The first-order valence-corrected chi connectivity index (χ1v) is 10.8. The molecule has 0 bridgehead atoms. The van der Waals surface area contributed by atoms with E-state index in [9.17, 15) is 4.79 Å². The molecule has 2 aliphatic heterocycles. The van der Waals surface area contributed by atoms with E-state index in [0.29, 0.717) is 35.4 Å². The number of nitrogens with zero attached hydrogens (tertiary/aromatic N) is 3. The van der Waals surface area contributed by atoms with E-state index < -0.39 is 5.91 Å². The second kappa shape index (κ2) is 9.18. The maximum atomic E-state index is 12.5. The number of fused-ring (bicyclic) bond motifs is 1. The fourth-order valence-electron chi connectivity index (χ4n) is 3.08. The molecule has 1 N–H and O–H groups in total. The Morgan fingerprint density at radius 2 is 1.90 bits per heavy atom. The summed E-state index contributed by atoms with van der Waals surface area (Å²) in [6.07, 6.45) is 2.36. The number of hydrazone groups is 1. The molecule has 0 saturated carbocycles. The molecule has 2 aromatic rings. The standard InChI is InChI=1S/C23H22N4O3S/c1-3-20-26-27-21(24)17(22(28)25-23(27)31-20)12-16-10-11-18(19(13-16)29-4-2)30-14-15-8-6-5-7-9-15/h5-13,24H,3-4,14H2,1-2H3/b17-12+,24-21?. The second-order valence-corrected chi connectivity index (χ2v) is 7.82. The number of amidine groups is 2. The van der Waals surface area contributed by atoms with Gasteiger partial charge >= 0.3 is 0 Å². The Balaban J connectivity index is 1.59. The molecule has 4 rings (SSSR count). The molecule has 0 aromatic heterocycles. The van der Waals surface area contributed by atoms with Crippen molar-refractivity contribution in [2.45, 2.75) is 26.9 Å². The molecule has 0 fully saturated rings. The van der Waals surface area contributed by atoms with E-state index in [1.54, 1.807) is 12.1 Å². The van der Waals surface area contributed by atoms with Gasteiger partial charge in [-0.25, -0.2) is 0 Å². The number of rotatable bonds is 7. The number of aliphatic imine (C=N–C) groups is 1. The van der Waals surface area contributed by atoms with Crippen LogP contribution < -0.4 is 9.47 Å². The Kier molecular flexibility index (Phi) is 6.18. The normalized spacial score (nSPS) is 16.8. The molecular formula is C23H22N4O3S. The van der Waals surface area contributed by atoms with Crippen LogP contribution in [0.1, 0.15) is 31.4 Å². The highest BCUT2D eigenvalue weighted by atomic mass is 32.2. The summed E-state index contributed by atoms with van der Waals surface area (Å²) in [4.78, 5) is 16.6. The molecule has 0 unspecified atom stereocenters. The van der Waals surface area contributed by atoms with Crippen molar-refractivity contribution in [2.24, 2.45) is 10.1 Å². The second-order valence-electron chi connectivity index (χ2n) is 6.78. The average Bonchev–Trinajstić information content (AvgIpc) is 3.20. The van der Waals surface area contributed by atoms with Crippen molar-refractivity contribution in [3.8, 4) is 11.5 Å². The van der Waals surface area contributed by atoms with E-state index in [-0.39, 0.29) is 11.4 Å². The van der Waals surface area contributed by atoms with Crippen molar-refractivity contribution in [1.82, 2.24) is 5.01 Å². The third kappa shape index (κ3) is 4.54. The minimum Gasteiger partial charge on any atom is -0.490 e. The number of thioether (sulfide) groups is 1. The third-order valence-corrected chi connectivity index (χ3v) is 5.67. The molecule has 2 heterocycles. The molecule has 0 saturated heterocycles. The predicted octanol–water partition coefficient (Wildman–Crippen LogP) is 4.69. The summed E-state index contributed by atoms with van der Waals surface area (Å²) in [5.74, 6) is 0.771. The summed E-state index contributed by atoms with van der Waals surface area (Å²) in [6, 6.07) is 15.3. The van der Waals surface area contributed by atoms with Crippen LogP contribution in [0.4, 0.5) is 0 Å². The number of amides is 1. The van der Waals surface area contributed by atoms with Crippen LogP contribution in [0.5, 0.6) is 11.5 Å². The summed E-state index contributed by atoms with van der Waals surface area (Å²) in [5.41, 5.74) is 1.96. The zero-order valence-corrected chi connectivity index (χ0v) is 18.1. The van der Waals surface area contributed by atoms with Gasteiger partial charge in [-0.3, -0.25) is 10.2 Å². The Morgan fingerprint density at radius 3 is 2.65 bits per heavy atom. The molecule has 0 atom stereocenters. The summed E-state index contributed by atoms with van der Waals surface area (Å²) in [5, 5.41) is 15.5. The third-order valence-electron chi connectivity index (χ3n) is 4.61. The summed E-state index contributed by atoms with van der Waals surface area (Å²) in [7, 11) is 0. The molecule has 0 aliphatic carbocycles. The number of benzene rings is 2. The number of nitrogens with one attached hydrogen (secondary N) is 1. The van der Waals surface area contributed by atoms with Crippen LogP contribution in [0.15, 0.2) is 64.2 Å². The van der Waals surface area contributed by atoms with E-state index in [0.717, 1.165) is 17.0 Å². The van der Waals surface area contributed by atoms with Crippen LogP contribution in [0.3, 0.4) is 0 Å². The van der Waals surface area contributed by atoms with Gasteiger partial charge in [0.05, 0.1) is 12.2 Å². The zero-order valence-electron chi connectivity index (χ0n) is 17.3. The number of hydrogen-bond acceptors (Lipinski definition) is 6. The quantitative estimate of drug-likeness (QED) is 0.639. The first kappa shape index (κ1) is 20.9. The van der Waals surface area contributed by atoms with Crippen LogP contribution in [0.25, 0.3) is 6.08 Å². The van der Waals surface area contributed by atoms with Crippen LogP contribution in [0, 0.1) is 5.41 Å². The lowest BCUT2D eigenvalue weighted by atomic mass is 10.1. The van der Waals surface area contributed by atoms with E-state index in [1.807, 2.05) is 56.3 Å². The van der Waals surface area contributed by atoms with Crippen LogP contribution in [-0.4, -0.2) is 33.6 Å². The zero-order chi connectivity index (χ0) is 21.8. The predicted molar refractivity (Wildman–Crippen MR) is 124 cm³/mol. The van der Waals surface area contributed by atoms with E-state index >= 15 is 0 Å². The van der Waals surface area contributed by atoms with Gasteiger partial charge in [0.1, 0.15) is 11.7 Å². The van der Waals surface area contributed by atoms with Gasteiger partial charge in [-0.1, -0.05) is 43.3 Å². The minimum absolute atomic E-state index is 0.0216.